The molecule has 114 valence electrons. The lowest BCUT2D eigenvalue weighted by Gasteiger charge is -2.31. The number of amides is 1. The second kappa shape index (κ2) is 6.87. The lowest BCUT2D eigenvalue weighted by molar-refractivity contribution is -0.384. The smallest absolute Gasteiger partial charge is 0.288 e. The van der Waals surface area contributed by atoms with E-state index in [9.17, 15) is 14.9 Å². The van der Waals surface area contributed by atoms with E-state index in [-0.39, 0.29) is 16.6 Å². The van der Waals surface area contributed by atoms with E-state index in [2.05, 4.69) is 4.90 Å². The van der Waals surface area contributed by atoms with Crippen LogP contribution >= 0.6 is 11.6 Å². The zero-order valence-corrected chi connectivity index (χ0v) is 12.4. The van der Waals surface area contributed by atoms with Crippen molar-refractivity contribution in [2.24, 2.45) is 11.7 Å². The van der Waals surface area contributed by atoms with Gasteiger partial charge in [0.1, 0.15) is 5.02 Å². The molecule has 0 saturated carbocycles. The van der Waals surface area contributed by atoms with Crippen LogP contribution < -0.4 is 5.73 Å². The summed E-state index contributed by atoms with van der Waals surface area (Å²) in [5.41, 5.74) is 6.03. The predicted octanol–water partition coefficient (Wildman–Crippen LogP) is 2.34. The molecular formula is C14H18ClN3O3. The van der Waals surface area contributed by atoms with Gasteiger partial charge in [-0.1, -0.05) is 17.7 Å². The number of rotatable bonds is 5. The number of halogens is 1. The first-order valence-electron chi connectivity index (χ1n) is 6.89. The van der Waals surface area contributed by atoms with Crippen molar-refractivity contribution in [1.29, 1.82) is 0 Å². The van der Waals surface area contributed by atoms with E-state index < -0.39 is 4.92 Å². The first kappa shape index (κ1) is 15.7. The van der Waals surface area contributed by atoms with Crippen LogP contribution in [-0.4, -0.2) is 28.8 Å². The summed E-state index contributed by atoms with van der Waals surface area (Å²) in [6.45, 7) is 2.39. The number of nitrogens with zero attached hydrogens (tertiary/aromatic N) is 2. The zero-order chi connectivity index (χ0) is 15.4. The van der Waals surface area contributed by atoms with Crippen LogP contribution in [0.15, 0.2) is 18.2 Å². The molecule has 7 heteroatoms. The maximum absolute atomic E-state index is 10.9. The minimum absolute atomic E-state index is 0.0576. The van der Waals surface area contributed by atoms with E-state index in [1.54, 1.807) is 6.07 Å². The highest BCUT2D eigenvalue weighted by atomic mass is 35.5. The molecular weight excluding hydrogens is 294 g/mol. The van der Waals surface area contributed by atoms with Crippen LogP contribution in [0.5, 0.6) is 0 Å². The number of primary amides is 1. The Kier molecular flexibility index (Phi) is 5.14. The first-order valence-corrected chi connectivity index (χ1v) is 7.27. The number of carbonyl (C=O) groups is 1. The summed E-state index contributed by atoms with van der Waals surface area (Å²) in [6, 6.07) is 4.90. The maximum Gasteiger partial charge on any atom is 0.288 e. The number of carbonyl (C=O) groups excluding carboxylic acids is 1. The fraction of sp³-hybridized carbons (Fsp3) is 0.500. The van der Waals surface area contributed by atoms with E-state index in [1.807, 2.05) is 6.07 Å². The van der Waals surface area contributed by atoms with Gasteiger partial charge in [0.05, 0.1) is 4.92 Å². The predicted molar refractivity (Wildman–Crippen MR) is 79.9 cm³/mol. The lowest BCUT2D eigenvalue weighted by Crippen LogP contribution is -2.34. The SMILES string of the molecule is NC(=O)CC1CCN(Cc2ccc(Cl)c([N+](=O)[O-])c2)CC1. The van der Waals surface area contributed by atoms with Gasteiger partial charge in [-0.05, 0) is 43.5 Å². The fourth-order valence-corrected chi connectivity index (χ4v) is 2.87. The zero-order valence-electron chi connectivity index (χ0n) is 11.6. The van der Waals surface area contributed by atoms with Gasteiger partial charge < -0.3 is 5.73 Å². The van der Waals surface area contributed by atoms with Gasteiger partial charge in [-0.2, -0.15) is 0 Å². The largest absolute Gasteiger partial charge is 0.370 e. The molecule has 0 atom stereocenters. The van der Waals surface area contributed by atoms with Crippen LogP contribution in [0.25, 0.3) is 0 Å². The summed E-state index contributed by atoms with van der Waals surface area (Å²) in [5.74, 6) is 0.111. The van der Waals surface area contributed by atoms with Gasteiger partial charge in [0.15, 0.2) is 0 Å². The molecule has 1 amide bonds. The second-order valence-electron chi connectivity index (χ2n) is 5.43. The molecule has 0 aromatic heterocycles. The molecule has 0 bridgehead atoms. The average molecular weight is 312 g/mol. The molecule has 2 N–H and O–H groups in total. The number of hydrogen-bond acceptors (Lipinski definition) is 4. The van der Waals surface area contributed by atoms with Crippen LogP contribution in [0.3, 0.4) is 0 Å². The van der Waals surface area contributed by atoms with E-state index in [0.717, 1.165) is 31.5 Å². The number of piperidine rings is 1. The molecule has 1 aliphatic rings. The van der Waals surface area contributed by atoms with Crippen LogP contribution in [-0.2, 0) is 11.3 Å². The molecule has 1 fully saturated rings. The van der Waals surface area contributed by atoms with Crippen molar-refractivity contribution < 1.29 is 9.72 Å². The van der Waals surface area contributed by atoms with Gasteiger partial charge in [-0.3, -0.25) is 19.8 Å². The summed E-state index contributed by atoms with van der Waals surface area (Å²) in [7, 11) is 0. The second-order valence-corrected chi connectivity index (χ2v) is 5.84. The summed E-state index contributed by atoms with van der Waals surface area (Å²) in [6.07, 6.45) is 2.30. The molecule has 1 heterocycles. The maximum atomic E-state index is 10.9. The third-order valence-electron chi connectivity index (χ3n) is 3.81. The highest BCUT2D eigenvalue weighted by molar-refractivity contribution is 6.32. The molecule has 2 rings (SSSR count). The number of nitro benzene ring substituents is 1. The Bertz CT molecular complexity index is 542. The number of hydrogen-bond donors (Lipinski definition) is 1. The topological polar surface area (TPSA) is 89.5 Å². The highest BCUT2D eigenvalue weighted by Crippen LogP contribution is 2.27. The summed E-state index contributed by atoms with van der Waals surface area (Å²) >= 11 is 5.80. The van der Waals surface area contributed by atoms with Crippen LogP contribution in [0.1, 0.15) is 24.8 Å². The van der Waals surface area contributed by atoms with Crippen molar-refractivity contribution >= 4 is 23.2 Å². The van der Waals surface area contributed by atoms with E-state index in [4.69, 9.17) is 17.3 Å². The number of likely N-dealkylation sites (tertiary alicyclic amines) is 1. The van der Waals surface area contributed by atoms with Crippen LogP contribution in [0.2, 0.25) is 5.02 Å². The quantitative estimate of drug-likeness (QED) is 0.667. The Labute approximate surface area is 128 Å². The van der Waals surface area contributed by atoms with Crippen molar-refractivity contribution in [3.63, 3.8) is 0 Å². The number of nitro groups is 1. The van der Waals surface area contributed by atoms with Crippen LogP contribution in [0, 0.1) is 16.0 Å². The van der Waals surface area contributed by atoms with Gasteiger partial charge >= 0.3 is 0 Å². The Morgan fingerprint density at radius 1 is 1.43 bits per heavy atom. The molecule has 21 heavy (non-hydrogen) atoms. The van der Waals surface area contributed by atoms with Crippen LogP contribution in [0.4, 0.5) is 5.69 Å². The Balaban J connectivity index is 1.93. The standard InChI is InChI=1S/C14H18ClN3O3/c15-12-2-1-11(7-13(12)18(20)21)9-17-5-3-10(4-6-17)8-14(16)19/h1-2,7,10H,3-6,8-9H2,(H2,16,19). The summed E-state index contributed by atoms with van der Waals surface area (Å²) in [4.78, 5) is 23.5. The minimum atomic E-state index is -0.467. The summed E-state index contributed by atoms with van der Waals surface area (Å²) < 4.78 is 0. The number of nitrogens with two attached hydrogens (primary N) is 1. The molecule has 1 aliphatic heterocycles. The monoisotopic (exact) mass is 311 g/mol. The van der Waals surface area contributed by atoms with Crippen molar-refractivity contribution in [2.75, 3.05) is 13.1 Å². The highest BCUT2D eigenvalue weighted by Gasteiger charge is 2.21. The molecule has 0 radical (unpaired) electrons. The molecule has 1 aromatic carbocycles. The van der Waals surface area contributed by atoms with Gasteiger partial charge in [0.2, 0.25) is 5.91 Å². The van der Waals surface area contributed by atoms with Crippen molar-refractivity contribution in [3.8, 4) is 0 Å². The van der Waals surface area contributed by atoms with Gasteiger partial charge in [0, 0.05) is 19.0 Å². The minimum Gasteiger partial charge on any atom is -0.370 e. The third-order valence-corrected chi connectivity index (χ3v) is 4.13. The Hall–Kier alpha value is -1.66. The molecule has 0 aliphatic carbocycles. The third kappa shape index (κ3) is 4.41. The molecule has 0 unspecified atom stereocenters. The van der Waals surface area contributed by atoms with Gasteiger partial charge in [-0.15, -0.1) is 0 Å². The van der Waals surface area contributed by atoms with E-state index in [0.29, 0.717) is 18.9 Å². The lowest BCUT2D eigenvalue weighted by atomic mass is 9.93. The van der Waals surface area contributed by atoms with Crippen molar-refractivity contribution in [1.82, 2.24) is 4.90 Å². The van der Waals surface area contributed by atoms with Crippen molar-refractivity contribution in [3.05, 3.63) is 38.9 Å². The molecule has 1 aromatic rings. The average Bonchev–Trinajstić information content (AvgIpc) is 2.42. The fourth-order valence-electron chi connectivity index (χ4n) is 2.69. The normalized spacial score (nSPS) is 16.8. The van der Waals surface area contributed by atoms with E-state index >= 15 is 0 Å². The van der Waals surface area contributed by atoms with Gasteiger partial charge in [0.25, 0.3) is 5.69 Å². The van der Waals surface area contributed by atoms with E-state index in [1.165, 1.54) is 6.07 Å². The number of benzene rings is 1. The van der Waals surface area contributed by atoms with Crippen molar-refractivity contribution in [2.45, 2.75) is 25.8 Å². The Morgan fingerprint density at radius 3 is 2.67 bits per heavy atom. The molecule has 1 saturated heterocycles. The molecule has 0 spiro atoms. The van der Waals surface area contributed by atoms with Gasteiger partial charge in [-0.25, -0.2) is 0 Å². The summed E-state index contributed by atoms with van der Waals surface area (Å²) in [5, 5.41) is 11.0. The molecule has 6 nitrogen and oxygen atoms in total. The first-order chi connectivity index (χ1) is 9.95. The Morgan fingerprint density at radius 2 is 2.10 bits per heavy atom.